The molecule has 1 aromatic heterocycles. The zero-order valence-electron chi connectivity index (χ0n) is 15.1. The van der Waals surface area contributed by atoms with Crippen molar-refractivity contribution in [1.82, 2.24) is 15.2 Å². The highest BCUT2D eigenvalue weighted by molar-refractivity contribution is 5.65. The van der Waals surface area contributed by atoms with E-state index in [1.807, 2.05) is 0 Å². The molecule has 5 heteroatoms. The standard InChI is InChI=1S/C20H23N5/c1-5-16-8-6-7-14(3)19(16)24-20-23-18(12-21-25-20)22-17-10-9-13(2)11-15(17)4/h6-12H,5H2,1-4H3,(H2,22,23,24,25). The van der Waals surface area contributed by atoms with Crippen molar-refractivity contribution in [2.24, 2.45) is 0 Å². The van der Waals surface area contributed by atoms with Crippen molar-refractivity contribution in [3.63, 3.8) is 0 Å². The third-order valence-electron chi connectivity index (χ3n) is 4.18. The molecule has 0 aliphatic rings. The Morgan fingerprint density at radius 1 is 0.960 bits per heavy atom. The largest absolute Gasteiger partial charge is 0.339 e. The first-order valence-corrected chi connectivity index (χ1v) is 8.46. The van der Waals surface area contributed by atoms with Gasteiger partial charge in [0.05, 0.1) is 6.20 Å². The van der Waals surface area contributed by atoms with Crippen LogP contribution in [0.1, 0.15) is 29.2 Å². The lowest BCUT2D eigenvalue weighted by Crippen LogP contribution is -2.05. The Bertz CT molecular complexity index is 889. The van der Waals surface area contributed by atoms with Crippen molar-refractivity contribution in [2.75, 3.05) is 10.6 Å². The summed E-state index contributed by atoms with van der Waals surface area (Å²) >= 11 is 0. The summed E-state index contributed by atoms with van der Waals surface area (Å²) in [6.45, 7) is 8.37. The highest BCUT2D eigenvalue weighted by Gasteiger charge is 2.08. The molecule has 2 N–H and O–H groups in total. The first kappa shape index (κ1) is 16.9. The zero-order chi connectivity index (χ0) is 17.8. The first-order chi connectivity index (χ1) is 12.1. The monoisotopic (exact) mass is 333 g/mol. The van der Waals surface area contributed by atoms with Crippen molar-refractivity contribution < 1.29 is 0 Å². The average molecular weight is 333 g/mol. The molecule has 0 fully saturated rings. The average Bonchev–Trinajstić information content (AvgIpc) is 2.59. The van der Waals surface area contributed by atoms with Gasteiger partial charge in [-0.1, -0.05) is 42.8 Å². The molecular weight excluding hydrogens is 310 g/mol. The Hall–Kier alpha value is -2.95. The van der Waals surface area contributed by atoms with Crippen molar-refractivity contribution in [2.45, 2.75) is 34.1 Å². The minimum Gasteiger partial charge on any atom is -0.339 e. The van der Waals surface area contributed by atoms with Crippen LogP contribution in [0.4, 0.5) is 23.1 Å². The first-order valence-electron chi connectivity index (χ1n) is 8.46. The molecule has 128 valence electrons. The van der Waals surface area contributed by atoms with E-state index in [-0.39, 0.29) is 0 Å². The van der Waals surface area contributed by atoms with Gasteiger partial charge in [0.1, 0.15) is 0 Å². The number of anilines is 4. The smallest absolute Gasteiger partial charge is 0.249 e. The van der Waals surface area contributed by atoms with Crippen LogP contribution >= 0.6 is 0 Å². The van der Waals surface area contributed by atoms with Gasteiger partial charge in [-0.05, 0) is 49.9 Å². The summed E-state index contributed by atoms with van der Waals surface area (Å²) in [5, 5.41) is 14.8. The number of nitrogens with one attached hydrogen (secondary N) is 2. The molecule has 2 aromatic carbocycles. The highest BCUT2D eigenvalue weighted by Crippen LogP contribution is 2.25. The minimum atomic E-state index is 0.485. The van der Waals surface area contributed by atoms with Crippen LogP contribution in [-0.4, -0.2) is 15.2 Å². The summed E-state index contributed by atoms with van der Waals surface area (Å²) in [6, 6.07) is 12.5. The quantitative estimate of drug-likeness (QED) is 0.699. The van der Waals surface area contributed by atoms with E-state index in [2.05, 4.69) is 89.9 Å². The molecule has 0 aliphatic heterocycles. The van der Waals surface area contributed by atoms with Crippen molar-refractivity contribution >= 4 is 23.1 Å². The van der Waals surface area contributed by atoms with Gasteiger partial charge in [0, 0.05) is 11.4 Å². The second-order valence-corrected chi connectivity index (χ2v) is 6.20. The molecule has 0 unspecified atom stereocenters. The number of para-hydroxylation sites is 1. The molecule has 0 amide bonds. The van der Waals surface area contributed by atoms with Gasteiger partial charge in [0.15, 0.2) is 5.82 Å². The number of hydrogen-bond acceptors (Lipinski definition) is 5. The molecule has 3 aromatic rings. The van der Waals surface area contributed by atoms with E-state index in [0.717, 1.165) is 23.4 Å². The van der Waals surface area contributed by atoms with Crippen LogP contribution in [0.3, 0.4) is 0 Å². The van der Waals surface area contributed by atoms with Crippen molar-refractivity contribution in [3.05, 3.63) is 64.8 Å². The lowest BCUT2D eigenvalue weighted by Gasteiger charge is -2.13. The molecule has 0 aliphatic carbocycles. The number of aryl methyl sites for hydroxylation is 4. The lowest BCUT2D eigenvalue weighted by molar-refractivity contribution is 0.978. The van der Waals surface area contributed by atoms with E-state index < -0.39 is 0 Å². The van der Waals surface area contributed by atoms with E-state index in [4.69, 9.17) is 0 Å². The SMILES string of the molecule is CCc1cccc(C)c1Nc1nncc(Nc2ccc(C)cc2C)n1. The Morgan fingerprint density at radius 2 is 1.80 bits per heavy atom. The van der Waals surface area contributed by atoms with Crippen LogP contribution in [0.25, 0.3) is 0 Å². The van der Waals surface area contributed by atoms with E-state index >= 15 is 0 Å². The number of hydrogen-bond donors (Lipinski definition) is 2. The maximum absolute atomic E-state index is 4.55. The number of rotatable bonds is 5. The summed E-state index contributed by atoms with van der Waals surface area (Å²) in [5.74, 6) is 1.15. The molecule has 0 spiro atoms. The van der Waals surface area contributed by atoms with Gasteiger partial charge < -0.3 is 10.6 Å². The number of nitrogens with zero attached hydrogens (tertiary/aromatic N) is 3. The van der Waals surface area contributed by atoms with Gasteiger partial charge >= 0.3 is 0 Å². The Labute approximate surface area is 148 Å². The lowest BCUT2D eigenvalue weighted by atomic mass is 10.1. The zero-order valence-corrected chi connectivity index (χ0v) is 15.1. The van der Waals surface area contributed by atoms with Crippen LogP contribution in [0.5, 0.6) is 0 Å². The molecule has 25 heavy (non-hydrogen) atoms. The highest BCUT2D eigenvalue weighted by atomic mass is 15.3. The second kappa shape index (κ2) is 7.30. The Morgan fingerprint density at radius 3 is 2.56 bits per heavy atom. The third-order valence-corrected chi connectivity index (χ3v) is 4.18. The van der Waals surface area contributed by atoms with E-state index in [1.165, 1.54) is 16.7 Å². The second-order valence-electron chi connectivity index (χ2n) is 6.20. The molecule has 0 radical (unpaired) electrons. The summed E-state index contributed by atoms with van der Waals surface area (Å²) < 4.78 is 0. The molecular formula is C20H23N5. The van der Waals surface area contributed by atoms with E-state index in [1.54, 1.807) is 6.20 Å². The topological polar surface area (TPSA) is 62.7 Å². The fraction of sp³-hybridized carbons (Fsp3) is 0.250. The van der Waals surface area contributed by atoms with Crippen LogP contribution in [0.2, 0.25) is 0 Å². The van der Waals surface area contributed by atoms with Crippen molar-refractivity contribution in [1.29, 1.82) is 0 Å². The molecule has 0 bridgehead atoms. The molecule has 1 heterocycles. The fourth-order valence-electron chi connectivity index (χ4n) is 2.82. The maximum Gasteiger partial charge on any atom is 0.249 e. The molecule has 0 saturated carbocycles. The predicted octanol–water partition coefficient (Wildman–Crippen LogP) is 4.85. The van der Waals surface area contributed by atoms with Gasteiger partial charge in [-0.15, -0.1) is 5.10 Å². The van der Waals surface area contributed by atoms with E-state index in [9.17, 15) is 0 Å². The van der Waals surface area contributed by atoms with Gasteiger partial charge in [0.25, 0.3) is 0 Å². The molecule has 5 nitrogen and oxygen atoms in total. The summed E-state index contributed by atoms with van der Waals surface area (Å²) in [6.07, 6.45) is 2.57. The van der Waals surface area contributed by atoms with Crippen LogP contribution < -0.4 is 10.6 Å². The van der Waals surface area contributed by atoms with Crippen molar-refractivity contribution in [3.8, 4) is 0 Å². The Kier molecular flexibility index (Phi) is 4.93. The predicted molar refractivity (Wildman–Crippen MR) is 103 cm³/mol. The number of benzene rings is 2. The van der Waals surface area contributed by atoms with Crippen LogP contribution in [-0.2, 0) is 6.42 Å². The molecule has 3 rings (SSSR count). The van der Waals surface area contributed by atoms with Gasteiger partial charge in [-0.3, -0.25) is 0 Å². The van der Waals surface area contributed by atoms with Gasteiger partial charge in [-0.2, -0.15) is 10.1 Å². The third kappa shape index (κ3) is 3.94. The minimum absolute atomic E-state index is 0.485. The summed E-state index contributed by atoms with van der Waals surface area (Å²) in [4.78, 5) is 4.55. The summed E-state index contributed by atoms with van der Waals surface area (Å²) in [7, 11) is 0. The summed E-state index contributed by atoms with van der Waals surface area (Å²) in [5.41, 5.74) is 6.86. The normalized spacial score (nSPS) is 10.6. The van der Waals surface area contributed by atoms with Gasteiger partial charge in [0.2, 0.25) is 5.95 Å². The Balaban J connectivity index is 1.85. The van der Waals surface area contributed by atoms with Gasteiger partial charge in [-0.25, -0.2) is 0 Å². The maximum atomic E-state index is 4.55. The van der Waals surface area contributed by atoms with E-state index in [0.29, 0.717) is 11.8 Å². The molecule has 0 atom stereocenters. The van der Waals surface area contributed by atoms with Crippen LogP contribution in [0, 0.1) is 20.8 Å². The fourth-order valence-corrected chi connectivity index (χ4v) is 2.82. The molecule has 0 saturated heterocycles. The number of aromatic nitrogens is 3. The van der Waals surface area contributed by atoms with Crippen LogP contribution in [0.15, 0.2) is 42.6 Å².